The van der Waals surface area contributed by atoms with Crippen molar-refractivity contribution in [2.24, 2.45) is 0 Å². The number of carbonyl (C=O) groups is 2. The fourth-order valence-electron chi connectivity index (χ4n) is 2.91. The Kier molecular flexibility index (Phi) is 7.25. The first-order valence-corrected chi connectivity index (χ1v) is 9.27. The molecule has 144 valence electrons. The maximum Gasteiger partial charge on any atom is 0.226 e. The number of amides is 2. The number of ether oxygens (including phenoxy) is 1. The molecular weight excluding hydrogens is 364 g/mol. The second-order valence-electron chi connectivity index (χ2n) is 6.34. The van der Waals surface area contributed by atoms with Crippen LogP contribution in [0.4, 0.5) is 11.4 Å². The summed E-state index contributed by atoms with van der Waals surface area (Å²) in [6.07, 6.45) is 0.163. The predicted octanol–water partition coefficient (Wildman–Crippen LogP) is 4.74. The molecule has 2 amide bonds. The molecule has 0 atom stereocenters. The fourth-order valence-corrected chi connectivity index (χ4v) is 3.34. The SMILES string of the molecule is CCOc1ccc(NC(=O)CCN(C(C)=O)c2c(C)cc(C)cc2Cl)cc1. The second-order valence-corrected chi connectivity index (χ2v) is 6.75. The Hall–Kier alpha value is -2.53. The van der Waals surface area contributed by atoms with Gasteiger partial charge in [-0.3, -0.25) is 9.59 Å². The van der Waals surface area contributed by atoms with Crippen LogP contribution in [0.15, 0.2) is 36.4 Å². The van der Waals surface area contributed by atoms with E-state index in [0.717, 1.165) is 16.9 Å². The summed E-state index contributed by atoms with van der Waals surface area (Å²) in [5, 5.41) is 3.34. The lowest BCUT2D eigenvalue weighted by molar-refractivity contribution is -0.117. The zero-order valence-corrected chi connectivity index (χ0v) is 16.9. The van der Waals surface area contributed by atoms with Crippen LogP contribution in [0.5, 0.6) is 5.75 Å². The second kappa shape index (κ2) is 9.42. The molecular formula is C21H25ClN2O3. The first-order valence-electron chi connectivity index (χ1n) is 8.89. The molecule has 6 heteroatoms. The molecule has 0 saturated carbocycles. The van der Waals surface area contributed by atoms with Crippen molar-refractivity contribution >= 4 is 34.8 Å². The van der Waals surface area contributed by atoms with Crippen LogP contribution >= 0.6 is 11.6 Å². The van der Waals surface area contributed by atoms with Crippen molar-refractivity contribution in [3.8, 4) is 5.75 Å². The molecule has 0 aromatic heterocycles. The summed E-state index contributed by atoms with van der Waals surface area (Å²) in [6, 6.07) is 11.0. The van der Waals surface area contributed by atoms with E-state index in [-0.39, 0.29) is 24.8 Å². The molecule has 1 N–H and O–H groups in total. The maximum absolute atomic E-state index is 12.3. The molecule has 2 aromatic carbocycles. The number of nitrogens with one attached hydrogen (secondary N) is 1. The van der Waals surface area contributed by atoms with Crippen molar-refractivity contribution in [3.63, 3.8) is 0 Å². The first kappa shape index (κ1) is 20.8. The molecule has 0 saturated heterocycles. The molecule has 2 aromatic rings. The standard InChI is InChI=1S/C21H25ClN2O3/c1-5-27-18-8-6-17(7-9-18)23-20(26)10-11-24(16(4)25)21-15(3)12-14(2)13-19(21)22/h6-9,12-13H,5,10-11H2,1-4H3,(H,23,26). The molecule has 0 aliphatic carbocycles. The molecule has 0 heterocycles. The summed E-state index contributed by atoms with van der Waals surface area (Å²) in [5.41, 5.74) is 3.27. The first-order chi connectivity index (χ1) is 12.8. The van der Waals surface area contributed by atoms with Gasteiger partial charge in [-0.15, -0.1) is 0 Å². The average molecular weight is 389 g/mol. The number of halogens is 1. The quantitative estimate of drug-likeness (QED) is 0.745. The highest BCUT2D eigenvalue weighted by atomic mass is 35.5. The van der Waals surface area contributed by atoms with Crippen molar-refractivity contribution in [1.29, 1.82) is 0 Å². The van der Waals surface area contributed by atoms with Gasteiger partial charge in [0.1, 0.15) is 5.75 Å². The molecule has 0 aliphatic rings. The Morgan fingerprint density at radius 1 is 1.15 bits per heavy atom. The average Bonchev–Trinajstić information content (AvgIpc) is 2.58. The highest BCUT2D eigenvalue weighted by molar-refractivity contribution is 6.34. The fraction of sp³-hybridized carbons (Fsp3) is 0.333. The van der Waals surface area contributed by atoms with Gasteiger partial charge in [0.15, 0.2) is 0 Å². The van der Waals surface area contributed by atoms with Gasteiger partial charge in [-0.25, -0.2) is 0 Å². The number of rotatable bonds is 7. The molecule has 5 nitrogen and oxygen atoms in total. The highest BCUT2D eigenvalue weighted by Crippen LogP contribution is 2.31. The highest BCUT2D eigenvalue weighted by Gasteiger charge is 2.19. The van der Waals surface area contributed by atoms with E-state index in [1.807, 2.05) is 32.9 Å². The third-order valence-electron chi connectivity index (χ3n) is 4.06. The van der Waals surface area contributed by atoms with E-state index in [0.29, 0.717) is 23.0 Å². The normalized spacial score (nSPS) is 10.4. The van der Waals surface area contributed by atoms with Crippen LogP contribution in [0.25, 0.3) is 0 Å². The Morgan fingerprint density at radius 2 is 1.81 bits per heavy atom. The van der Waals surface area contributed by atoms with Crippen molar-refractivity contribution in [3.05, 3.63) is 52.5 Å². The summed E-state index contributed by atoms with van der Waals surface area (Å²) >= 11 is 6.35. The van der Waals surface area contributed by atoms with Crippen molar-refractivity contribution < 1.29 is 14.3 Å². The molecule has 0 bridgehead atoms. The van der Waals surface area contributed by atoms with E-state index in [4.69, 9.17) is 16.3 Å². The minimum Gasteiger partial charge on any atom is -0.494 e. The van der Waals surface area contributed by atoms with E-state index in [1.165, 1.54) is 6.92 Å². The number of aryl methyl sites for hydroxylation is 2. The van der Waals surface area contributed by atoms with E-state index >= 15 is 0 Å². The van der Waals surface area contributed by atoms with Crippen LogP contribution < -0.4 is 15.0 Å². The maximum atomic E-state index is 12.3. The van der Waals surface area contributed by atoms with Gasteiger partial charge in [0.05, 0.1) is 17.3 Å². The monoisotopic (exact) mass is 388 g/mol. The summed E-state index contributed by atoms with van der Waals surface area (Å²) in [4.78, 5) is 26.0. The minimum absolute atomic E-state index is 0.155. The topological polar surface area (TPSA) is 58.6 Å². The summed E-state index contributed by atoms with van der Waals surface area (Å²) in [5.74, 6) is 0.423. The van der Waals surface area contributed by atoms with Crippen molar-refractivity contribution in [1.82, 2.24) is 0 Å². The van der Waals surface area contributed by atoms with Crippen LogP contribution in [0.1, 0.15) is 31.4 Å². The van der Waals surface area contributed by atoms with E-state index in [1.54, 1.807) is 29.2 Å². The Bertz CT molecular complexity index is 796. The molecule has 0 unspecified atom stereocenters. The number of benzene rings is 2. The molecule has 0 radical (unpaired) electrons. The summed E-state index contributed by atoms with van der Waals surface area (Å²) in [6.45, 7) is 8.09. The third kappa shape index (κ3) is 5.73. The number of hydrogen-bond acceptors (Lipinski definition) is 3. The van der Waals surface area contributed by atoms with Gasteiger partial charge >= 0.3 is 0 Å². The lowest BCUT2D eigenvalue weighted by atomic mass is 10.1. The number of carbonyl (C=O) groups excluding carboxylic acids is 2. The zero-order chi connectivity index (χ0) is 20.0. The van der Waals surface area contributed by atoms with E-state index < -0.39 is 0 Å². The Balaban J connectivity index is 2.04. The van der Waals surface area contributed by atoms with Gasteiger partial charge in [0.25, 0.3) is 0 Å². The molecule has 0 fully saturated rings. The van der Waals surface area contributed by atoms with Crippen LogP contribution in [-0.2, 0) is 9.59 Å². The largest absolute Gasteiger partial charge is 0.494 e. The van der Waals surface area contributed by atoms with Crippen LogP contribution in [-0.4, -0.2) is 25.0 Å². The third-order valence-corrected chi connectivity index (χ3v) is 4.35. The number of nitrogens with zero attached hydrogens (tertiary/aromatic N) is 1. The number of hydrogen-bond donors (Lipinski definition) is 1. The van der Waals surface area contributed by atoms with Crippen molar-refractivity contribution in [2.75, 3.05) is 23.4 Å². The van der Waals surface area contributed by atoms with Crippen LogP contribution in [0.3, 0.4) is 0 Å². The minimum atomic E-state index is -0.175. The zero-order valence-electron chi connectivity index (χ0n) is 16.1. The van der Waals surface area contributed by atoms with Gasteiger partial charge in [-0.1, -0.05) is 17.7 Å². The van der Waals surface area contributed by atoms with Crippen LogP contribution in [0, 0.1) is 13.8 Å². The summed E-state index contributed by atoms with van der Waals surface area (Å²) < 4.78 is 5.38. The van der Waals surface area contributed by atoms with Gasteiger partial charge in [0, 0.05) is 25.6 Å². The Labute approximate surface area is 165 Å². The molecule has 27 heavy (non-hydrogen) atoms. The summed E-state index contributed by atoms with van der Waals surface area (Å²) in [7, 11) is 0. The van der Waals surface area contributed by atoms with Crippen LogP contribution in [0.2, 0.25) is 5.02 Å². The van der Waals surface area contributed by atoms with Gasteiger partial charge in [-0.05, 0) is 62.2 Å². The molecule has 2 rings (SSSR count). The van der Waals surface area contributed by atoms with Crippen molar-refractivity contribution in [2.45, 2.75) is 34.1 Å². The molecule has 0 spiro atoms. The lowest BCUT2D eigenvalue weighted by Gasteiger charge is -2.24. The van der Waals surface area contributed by atoms with E-state index in [2.05, 4.69) is 5.32 Å². The van der Waals surface area contributed by atoms with Gasteiger partial charge in [0.2, 0.25) is 11.8 Å². The van der Waals surface area contributed by atoms with Gasteiger partial charge < -0.3 is 15.0 Å². The molecule has 0 aliphatic heterocycles. The number of anilines is 2. The lowest BCUT2D eigenvalue weighted by Crippen LogP contribution is -2.32. The predicted molar refractivity (Wildman–Crippen MR) is 110 cm³/mol. The van der Waals surface area contributed by atoms with E-state index in [9.17, 15) is 9.59 Å². The van der Waals surface area contributed by atoms with Gasteiger partial charge in [-0.2, -0.15) is 0 Å². The smallest absolute Gasteiger partial charge is 0.226 e. The Morgan fingerprint density at radius 3 is 2.37 bits per heavy atom.